The predicted octanol–water partition coefficient (Wildman–Crippen LogP) is 12.0. The maximum atomic E-state index is 15.6. The number of aryl methyl sites for hydroxylation is 1. The van der Waals surface area contributed by atoms with E-state index < -0.39 is 62.0 Å². The number of nitrogens with zero attached hydrogens (tertiary/aromatic N) is 3. The average molecular weight is 1170 g/mol. The molecule has 1 amide bonds. The van der Waals surface area contributed by atoms with Gasteiger partial charge in [0.15, 0.2) is 17.2 Å². The number of hydrogen-bond donors (Lipinski definition) is 1. The molecule has 1 N–H and O–H groups in total. The first kappa shape index (κ1) is 55.7. The van der Waals surface area contributed by atoms with Crippen LogP contribution in [0.2, 0.25) is 20.1 Å². The molecule has 0 radical (unpaired) electrons. The van der Waals surface area contributed by atoms with Gasteiger partial charge in [0.05, 0.1) is 101 Å². The van der Waals surface area contributed by atoms with Crippen LogP contribution in [0.1, 0.15) is 115 Å². The zero-order chi connectivity index (χ0) is 55.3. The number of carbonyl (C=O) groups is 2. The molecule has 4 aromatic carbocycles. The lowest BCUT2D eigenvalue weighted by molar-refractivity contribution is -0.171. The van der Waals surface area contributed by atoms with Gasteiger partial charge in [-0.3, -0.25) is 19.0 Å². The van der Waals surface area contributed by atoms with E-state index in [-0.39, 0.29) is 95.0 Å². The highest BCUT2D eigenvalue weighted by molar-refractivity contribution is 7.86. The van der Waals surface area contributed by atoms with Crippen molar-refractivity contribution in [2.75, 3.05) is 74.9 Å². The van der Waals surface area contributed by atoms with Gasteiger partial charge in [-0.2, -0.15) is 17.9 Å². The lowest BCUT2D eigenvalue weighted by Gasteiger charge is -2.51. The first-order valence-corrected chi connectivity index (χ1v) is 28.5. The summed E-state index contributed by atoms with van der Waals surface area (Å²) in [6, 6.07) is 4.53. The lowest BCUT2D eigenvalue weighted by atomic mass is 9.69. The number of esters is 1. The third-order valence-electron chi connectivity index (χ3n) is 15.2. The molecular formula is C55H56Cl4F3N3O11S. The van der Waals surface area contributed by atoms with Crippen molar-refractivity contribution < 1.29 is 64.3 Å². The highest BCUT2D eigenvalue weighted by atomic mass is 35.5. The Kier molecular flexibility index (Phi) is 15.1. The number of hydroxylamine groups is 2. The summed E-state index contributed by atoms with van der Waals surface area (Å²) in [6.45, 7) is 13.1. The number of halogens is 7. The number of allylic oxidation sites excluding steroid dienone is 1. The summed E-state index contributed by atoms with van der Waals surface area (Å²) in [5.74, 6) is -6.67. The van der Waals surface area contributed by atoms with Crippen molar-refractivity contribution in [1.82, 2.24) is 5.06 Å². The van der Waals surface area contributed by atoms with Gasteiger partial charge < -0.3 is 33.5 Å². The van der Waals surface area contributed by atoms with E-state index >= 15 is 4.79 Å². The van der Waals surface area contributed by atoms with Crippen LogP contribution in [-0.2, 0) is 52.3 Å². The van der Waals surface area contributed by atoms with Crippen molar-refractivity contribution in [1.29, 1.82) is 0 Å². The maximum Gasteiger partial charge on any atom is 0.313 e. The number of hydrogen-bond acceptors (Lipinski definition) is 12. The fraction of sp³-hybridized carbons (Fsp3) is 0.455. The van der Waals surface area contributed by atoms with E-state index in [9.17, 15) is 30.9 Å². The molecule has 0 aliphatic carbocycles. The average Bonchev–Trinajstić information content (AvgIpc) is 3.95. The second-order valence-electron chi connectivity index (χ2n) is 20.9. The minimum Gasteiger partial charge on any atom is -0.456 e. The van der Waals surface area contributed by atoms with Gasteiger partial charge in [0.25, 0.3) is 16.0 Å². The van der Waals surface area contributed by atoms with E-state index in [0.29, 0.717) is 72.1 Å². The number of amides is 1. The second kappa shape index (κ2) is 20.8. The van der Waals surface area contributed by atoms with Gasteiger partial charge in [0, 0.05) is 52.0 Å². The van der Waals surface area contributed by atoms with Crippen LogP contribution in [0.3, 0.4) is 0 Å². The van der Waals surface area contributed by atoms with E-state index in [1.165, 1.54) is 12.0 Å². The summed E-state index contributed by atoms with van der Waals surface area (Å²) in [7, 11) is -4.57. The maximum absolute atomic E-state index is 15.6. The summed E-state index contributed by atoms with van der Waals surface area (Å²) in [5, 5.41) is 0.814. The Labute approximate surface area is 464 Å². The Hall–Kier alpha value is -4.60. The van der Waals surface area contributed by atoms with Crippen LogP contribution >= 0.6 is 46.4 Å². The second-order valence-corrected chi connectivity index (χ2v) is 23.9. The zero-order valence-corrected chi connectivity index (χ0v) is 47.0. The van der Waals surface area contributed by atoms with Gasteiger partial charge in [-0.25, -0.2) is 8.78 Å². The summed E-state index contributed by atoms with van der Waals surface area (Å²) < 4.78 is 107. The van der Waals surface area contributed by atoms with Crippen molar-refractivity contribution in [2.45, 2.75) is 96.7 Å². The van der Waals surface area contributed by atoms with Crippen LogP contribution < -0.4 is 19.3 Å². The Morgan fingerprint density at radius 2 is 1.26 bits per heavy atom. The van der Waals surface area contributed by atoms with Crippen LogP contribution in [0.25, 0.3) is 11.1 Å². The van der Waals surface area contributed by atoms with Gasteiger partial charge in [-0.1, -0.05) is 65.5 Å². The molecule has 6 heterocycles. The molecule has 1 atom stereocenters. The highest BCUT2D eigenvalue weighted by Gasteiger charge is 2.62. The molecule has 0 saturated heterocycles. The number of fused-ring (bicyclic) bond motifs is 8. The molecule has 1 unspecified atom stereocenters. The smallest absolute Gasteiger partial charge is 0.313 e. The minimum absolute atomic E-state index is 0.0493. The van der Waals surface area contributed by atoms with Crippen LogP contribution in [-0.4, -0.2) is 106 Å². The van der Waals surface area contributed by atoms with Crippen LogP contribution in [0.15, 0.2) is 30.4 Å². The third-order valence-corrected chi connectivity index (χ3v) is 17.7. The molecule has 77 heavy (non-hydrogen) atoms. The monoisotopic (exact) mass is 1160 g/mol. The lowest BCUT2D eigenvalue weighted by Crippen LogP contribution is -2.51. The van der Waals surface area contributed by atoms with E-state index in [1.54, 1.807) is 0 Å². The van der Waals surface area contributed by atoms with Crippen LogP contribution in [0.5, 0.6) is 17.2 Å². The van der Waals surface area contributed by atoms with Crippen molar-refractivity contribution in [3.8, 4) is 17.2 Å². The van der Waals surface area contributed by atoms with E-state index in [0.717, 1.165) is 46.6 Å². The molecule has 412 valence electrons. The van der Waals surface area contributed by atoms with E-state index in [2.05, 4.69) is 36.6 Å². The zero-order valence-electron chi connectivity index (χ0n) is 43.1. The molecule has 0 aromatic heterocycles. The first-order valence-electron chi connectivity index (χ1n) is 25.4. The largest absolute Gasteiger partial charge is 0.456 e. The van der Waals surface area contributed by atoms with Crippen molar-refractivity contribution in [3.05, 3.63) is 118 Å². The Morgan fingerprint density at radius 3 is 1.82 bits per heavy atom. The number of carbonyl (C=O) groups excluding carboxylic acids is 2. The molecular weight excluding hydrogens is 1110 g/mol. The first-order chi connectivity index (χ1) is 36.4. The Morgan fingerprint density at radius 1 is 0.740 bits per heavy atom. The van der Waals surface area contributed by atoms with Crippen molar-refractivity contribution >= 4 is 90.9 Å². The fourth-order valence-electron chi connectivity index (χ4n) is 12.0. The molecule has 6 aliphatic heterocycles. The number of ether oxygens (including phenoxy) is 5. The van der Waals surface area contributed by atoms with E-state index in [1.807, 2.05) is 32.1 Å². The van der Waals surface area contributed by atoms with Crippen molar-refractivity contribution in [2.24, 2.45) is 0 Å². The van der Waals surface area contributed by atoms with Gasteiger partial charge in [0.1, 0.15) is 17.3 Å². The third kappa shape index (κ3) is 9.39. The number of anilines is 2. The van der Waals surface area contributed by atoms with E-state index in [4.69, 9.17) is 74.9 Å². The number of benzene rings is 4. The normalized spacial score (nSPS) is 19.3. The Balaban J connectivity index is 0.985. The summed E-state index contributed by atoms with van der Waals surface area (Å²) in [4.78, 5) is 39.2. The molecule has 0 fully saturated rings. The summed E-state index contributed by atoms with van der Waals surface area (Å²) in [5.41, 5.74) is 4.41. The molecule has 0 saturated carbocycles. The fourth-order valence-corrected chi connectivity index (χ4v) is 13.7. The summed E-state index contributed by atoms with van der Waals surface area (Å²) >= 11 is 28.5. The summed E-state index contributed by atoms with van der Waals surface area (Å²) in [6.07, 6.45) is 7.10. The molecule has 1 spiro atoms. The SMILES string of the molecule is CCC1=CC(C)(C)N2CCCc3c4c(cc1c32)C1(c2cc3c5c(c2O4)CCCN5C(C)(C)C=C3CS(=O)(=O)O)c2c(Cl)c(Cl)c(Cl)c(Cl)c2C(=O)N1OCCOCCOCCOCCC(=O)Oc1c(F)c(C)cc(F)c1F. The van der Waals surface area contributed by atoms with Crippen molar-refractivity contribution in [3.63, 3.8) is 0 Å². The molecule has 10 rings (SSSR count). The van der Waals surface area contributed by atoms with Gasteiger partial charge in [0.2, 0.25) is 11.6 Å². The van der Waals surface area contributed by atoms with Gasteiger partial charge >= 0.3 is 5.97 Å². The van der Waals surface area contributed by atoms with Crippen LogP contribution in [0.4, 0.5) is 24.5 Å². The molecule has 14 nitrogen and oxygen atoms in total. The van der Waals surface area contributed by atoms with Gasteiger partial charge in [-0.15, -0.1) is 0 Å². The molecule has 22 heteroatoms. The van der Waals surface area contributed by atoms with Gasteiger partial charge in [-0.05, 0) is 102 Å². The molecule has 6 aliphatic rings. The highest BCUT2D eigenvalue weighted by Crippen LogP contribution is 2.67. The standard InChI is InChI=1S/C55H56Cl4F3N3O11S/c1-7-29-25-53(3,4)63-13-8-10-31-47(63)33(29)23-35-49(31)76-50-32-11-9-14-64-48(32)34(30(26-54(64,5)6)27-77(68,69)70)24-36(50)55(35)40-39(41(56)43(58)44(59)42(40)57)52(67)65(55)74-21-20-73-19-18-72-17-16-71-15-12-38(66)75-51-45(61)28(2)22-37(60)46(51)62/h22-26H,7-21,27H2,1-6H3,(H,68,69,70). The Bertz CT molecular complexity index is 3330. The minimum atomic E-state index is -4.57. The topological polar surface area (TPSA) is 154 Å². The predicted molar refractivity (Wildman–Crippen MR) is 287 cm³/mol. The molecule has 4 aromatic rings. The number of rotatable bonds is 17. The molecule has 0 bridgehead atoms. The quantitative estimate of drug-likeness (QED) is 0.0267. The van der Waals surface area contributed by atoms with Crippen LogP contribution in [0, 0.1) is 24.4 Å².